The number of nitrogen functional groups attached to an aromatic ring is 1. The molecule has 4 aromatic rings. The molecule has 4 rings (SSSR count). The van der Waals surface area contributed by atoms with Crippen LogP contribution in [0.1, 0.15) is 29.5 Å². The molecule has 0 saturated carbocycles. The first kappa shape index (κ1) is 34.7. The number of oxazole rings is 1. The SMILES string of the molecule is Cc1oc(-c2ccc(Cl)cc2)nc1CSc1nc(N)c(C#N)c(-c2ccc(OC[C@H](COC(=O)[C@H](C)N)OC(=O)CN)cc2)c1C#N. The van der Waals surface area contributed by atoms with Crippen LogP contribution in [-0.4, -0.2) is 53.8 Å². The molecule has 0 aliphatic rings. The van der Waals surface area contributed by atoms with E-state index in [9.17, 15) is 20.1 Å². The van der Waals surface area contributed by atoms with Crippen molar-refractivity contribution in [2.24, 2.45) is 11.5 Å². The monoisotopic (exact) mass is 675 g/mol. The smallest absolute Gasteiger partial charge is 0.322 e. The highest BCUT2D eigenvalue weighted by Crippen LogP contribution is 2.37. The molecule has 2 aromatic heterocycles. The van der Waals surface area contributed by atoms with Crippen molar-refractivity contribution in [2.45, 2.75) is 36.8 Å². The van der Waals surface area contributed by atoms with Gasteiger partial charge in [0.25, 0.3) is 0 Å². The first-order valence-corrected chi connectivity index (χ1v) is 15.4. The van der Waals surface area contributed by atoms with Crippen molar-refractivity contribution in [1.29, 1.82) is 10.5 Å². The van der Waals surface area contributed by atoms with E-state index in [1.165, 1.54) is 18.7 Å². The molecule has 0 saturated heterocycles. The molecule has 0 amide bonds. The fraction of sp³-hybridized carbons (Fsp3) is 0.250. The molecule has 0 radical (unpaired) electrons. The van der Waals surface area contributed by atoms with E-state index < -0.39 is 24.1 Å². The van der Waals surface area contributed by atoms with E-state index in [1.807, 2.05) is 0 Å². The molecule has 242 valence electrons. The average molecular weight is 676 g/mol. The van der Waals surface area contributed by atoms with Gasteiger partial charge in [-0.1, -0.05) is 35.5 Å². The Balaban J connectivity index is 1.54. The van der Waals surface area contributed by atoms with Crippen LogP contribution in [0.4, 0.5) is 5.82 Å². The van der Waals surface area contributed by atoms with Gasteiger partial charge >= 0.3 is 11.9 Å². The minimum absolute atomic E-state index is 0.0334. The van der Waals surface area contributed by atoms with Crippen LogP contribution in [0.5, 0.6) is 5.75 Å². The van der Waals surface area contributed by atoms with Crippen molar-refractivity contribution in [3.05, 3.63) is 76.1 Å². The van der Waals surface area contributed by atoms with Crippen LogP contribution < -0.4 is 21.9 Å². The number of ether oxygens (including phenoxy) is 3. The first-order valence-electron chi connectivity index (χ1n) is 14.1. The van der Waals surface area contributed by atoms with Crippen LogP contribution in [0.15, 0.2) is 58.0 Å². The summed E-state index contributed by atoms with van der Waals surface area (Å²) >= 11 is 7.23. The van der Waals surface area contributed by atoms with Crippen molar-refractivity contribution < 1.29 is 28.2 Å². The lowest BCUT2D eigenvalue weighted by atomic mass is 9.97. The summed E-state index contributed by atoms with van der Waals surface area (Å²) < 4.78 is 21.9. The quantitative estimate of drug-likeness (QED) is 0.134. The number of hydrogen-bond donors (Lipinski definition) is 3. The van der Waals surface area contributed by atoms with E-state index in [4.69, 9.17) is 47.4 Å². The number of hydrogen-bond acceptors (Lipinski definition) is 14. The molecule has 15 heteroatoms. The van der Waals surface area contributed by atoms with Gasteiger partial charge in [-0.25, -0.2) is 9.97 Å². The number of nitrogens with two attached hydrogens (primary N) is 3. The summed E-state index contributed by atoms with van der Waals surface area (Å²) in [5.74, 6) is 0.312. The maximum atomic E-state index is 11.8. The Morgan fingerprint density at radius 2 is 1.68 bits per heavy atom. The maximum absolute atomic E-state index is 11.8. The van der Waals surface area contributed by atoms with Crippen LogP contribution in [-0.2, 0) is 24.8 Å². The second-order valence-corrected chi connectivity index (χ2v) is 11.4. The Kier molecular flexibility index (Phi) is 11.8. The highest BCUT2D eigenvalue weighted by molar-refractivity contribution is 7.98. The van der Waals surface area contributed by atoms with Gasteiger partial charge in [-0.2, -0.15) is 10.5 Å². The molecule has 2 atom stereocenters. The van der Waals surface area contributed by atoms with E-state index in [0.717, 1.165) is 5.56 Å². The Labute approximate surface area is 279 Å². The third kappa shape index (κ3) is 8.78. The van der Waals surface area contributed by atoms with Crippen molar-refractivity contribution in [3.63, 3.8) is 0 Å². The fourth-order valence-electron chi connectivity index (χ4n) is 4.17. The van der Waals surface area contributed by atoms with Crippen LogP contribution in [0.2, 0.25) is 5.02 Å². The van der Waals surface area contributed by atoms with E-state index in [2.05, 4.69) is 22.1 Å². The third-order valence-electron chi connectivity index (χ3n) is 6.57. The van der Waals surface area contributed by atoms with Crippen LogP contribution in [0.3, 0.4) is 0 Å². The molecule has 0 fully saturated rings. The summed E-state index contributed by atoms with van der Waals surface area (Å²) in [5.41, 5.74) is 19.5. The molecular weight excluding hydrogens is 646 g/mol. The second kappa shape index (κ2) is 15.9. The number of thioether (sulfide) groups is 1. The molecule has 2 heterocycles. The molecular formula is C32H30ClN7O6S. The van der Waals surface area contributed by atoms with E-state index in [1.54, 1.807) is 55.5 Å². The Bertz CT molecular complexity index is 1830. The molecule has 47 heavy (non-hydrogen) atoms. The lowest BCUT2D eigenvalue weighted by Crippen LogP contribution is -2.36. The molecule has 0 aliphatic heterocycles. The van der Waals surface area contributed by atoms with Gasteiger partial charge in [0.2, 0.25) is 5.89 Å². The summed E-state index contributed by atoms with van der Waals surface area (Å²) in [6.45, 7) is 2.45. The van der Waals surface area contributed by atoms with Crippen molar-refractivity contribution >= 4 is 41.1 Å². The second-order valence-electron chi connectivity index (χ2n) is 10.0. The van der Waals surface area contributed by atoms with Gasteiger partial charge in [0, 0.05) is 21.9 Å². The summed E-state index contributed by atoms with van der Waals surface area (Å²) in [6.07, 6.45) is -0.945. The zero-order valence-electron chi connectivity index (χ0n) is 25.4. The van der Waals surface area contributed by atoms with Crippen molar-refractivity contribution in [2.75, 3.05) is 25.5 Å². The van der Waals surface area contributed by atoms with Crippen molar-refractivity contribution in [3.8, 4) is 40.5 Å². The molecule has 0 unspecified atom stereocenters. The Hall–Kier alpha value is -5.12. The van der Waals surface area contributed by atoms with Gasteiger partial charge in [-0.05, 0) is 55.8 Å². The van der Waals surface area contributed by atoms with E-state index >= 15 is 0 Å². The number of pyridine rings is 1. The predicted molar refractivity (Wildman–Crippen MR) is 174 cm³/mol. The Morgan fingerprint density at radius 1 is 1.02 bits per heavy atom. The number of benzene rings is 2. The normalized spacial score (nSPS) is 12.0. The molecule has 0 spiro atoms. The van der Waals surface area contributed by atoms with E-state index in [0.29, 0.717) is 50.0 Å². The summed E-state index contributed by atoms with van der Waals surface area (Å²) in [5, 5.41) is 21.0. The Morgan fingerprint density at radius 3 is 2.30 bits per heavy atom. The number of nitriles is 2. The molecule has 2 aromatic carbocycles. The standard InChI is InChI=1S/C32H30ClN7O6S/c1-17(37)32(42)44-15-23(46-27(41)13-36)14-43-22-9-5-19(6-10-22)28-24(11-34)29(38)40-31(25(28)12-35)47-16-26-18(2)45-30(39-26)20-3-7-21(33)8-4-20/h3-10,17,23H,13-16,36-37H2,1-2H3,(H2,38,40)/t17-,23+/m0/s1. The van der Waals surface area contributed by atoms with Gasteiger partial charge in [0.15, 0.2) is 6.10 Å². The van der Waals surface area contributed by atoms with Gasteiger partial charge in [-0.3, -0.25) is 9.59 Å². The minimum atomic E-state index is -0.945. The lowest BCUT2D eigenvalue weighted by molar-refractivity contribution is -0.160. The van der Waals surface area contributed by atoms with E-state index in [-0.39, 0.29) is 36.7 Å². The predicted octanol–water partition coefficient (Wildman–Crippen LogP) is 4.12. The molecule has 0 bridgehead atoms. The third-order valence-corrected chi connectivity index (χ3v) is 7.81. The number of carbonyl (C=O) groups excluding carboxylic acids is 2. The first-order chi connectivity index (χ1) is 22.5. The summed E-state index contributed by atoms with van der Waals surface area (Å²) in [7, 11) is 0. The number of nitrogens with zero attached hydrogens (tertiary/aromatic N) is 4. The number of aromatic nitrogens is 2. The number of esters is 2. The maximum Gasteiger partial charge on any atom is 0.322 e. The lowest BCUT2D eigenvalue weighted by Gasteiger charge is -2.19. The number of rotatable bonds is 13. The number of aryl methyl sites for hydroxylation is 1. The molecule has 13 nitrogen and oxygen atoms in total. The number of carbonyl (C=O) groups is 2. The fourth-order valence-corrected chi connectivity index (χ4v) is 5.29. The van der Waals surface area contributed by atoms with Gasteiger partial charge < -0.3 is 35.8 Å². The molecule has 0 aliphatic carbocycles. The number of halogens is 1. The number of anilines is 1. The highest BCUT2D eigenvalue weighted by atomic mass is 35.5. The van der Waals surface area contributed by atoms with Crippen LogP contribution >= 0.6 is 23.4 Å². The van der Waals surface area contributed by atoms with Crippen LogP contribution in [0.25, 0.3) is 22.6 Å². The van der Waals surface area contributed by atoms with Crippen LogP contribution in [0, 0.1) is 29.6 Å². The van der Waals surface area contributed by atoms with Gasteiger partial charge in [0.05, 0.1) is 17.8 Å². The summed E-state index contributed by atoms with van der Waals surface area (Å²) in [6, 6.07) is 17.0. The largest absolute Gasteiger partial charge is 0.490 e. The molecule has 6 N–H and O–H groups in total. The zero-order valence-corrected chi connectivity index (χ0v) is 26.9. The minimum Gasteiger partial charge on any atom is -0.490 e. The topological polar surface area (TPSA) is 226 Å². The highest BCUT2D eigenvalue weighted by Gasteiger charge is 2.23. The zero-order chi connectivity index (χ0) is 34.1. The van der Waals surface area contributed by atoms with Crippen molar-refractivity contribution in [1.82, 2.24) is 9.97 Å². The average Bonchev–Trinajstić information content (AvgIpc) is 3.44. The summed E-state index contributed by atoms with van der Waals surface area (Å²) in [4.78, 5) is 32.5. The van der Waals surface area contributed by atoms with Gasteiger partial charge in [0.1, 0.15) is 59.3 Å². The van der Waals surface area contributed by atoms with Gasteiger partial charge in [-0.15, -0.1) is 0 Å².